The molecule has 0 bridgehead atoms. The smallest absolute Gasteiger partial charge is 0.329 e. The van der Waals surface area contributed by atoms with Crippen LogP contribution in [-0.2, 0) is 27.4 Å². The standard InChI is InChI=1S/C18H18BrNO3/c1-13(21)20-17(11-15-9-5-6-10-16(15)19)18(22)23-12-14-7-3-2-4-8-14/h2-10,17H,11-12H2,1H3,(H,20,21). The van der Waals surface area contributed by atoms with Crippen LogP contribution < -0.4 is 5.32 Å². The molecule has 4 nitrogen and oxygen atoms in total. The van der Waals surface area contributed by atoms with Gasteiger partial charge in [0.2, 0.25) is 5.91 Å². The Balaban J connectivity index is 2.03. The molecule has 0 aliphatic carbocycles. The maximum Gasteiger partial charge on any atom is 0.329 e. The quantitative estimate of drug-likeness (QED) is 0.788. The maximum absolute atomic E-state index is 12.3. The van der Waals surface area contributed by atoms with E-state index in [1.807, 2.05) is 54.6 Å². The maximum atomic E-state index is 12.3. The van der Waals surface area contributed by atoms with Gasteiger partial charge in [-0.15, -0.1) is 0 Å². The number of halogens is 1. The van der Waals surface area contributed by atoms with Gasteiger partial charge in [-0.3, -0.25) is 4.79 Å². The number of hydrogen-bond donors (Lipinski definition) is 1. The molecule has 1 N–H and O–H groups in total. The molecule has 23 heavy (non-hydrogen) atoms. The van der Waals surface area contributed by atoms with Crippen LogP contribution in [0.15, 0.2) is 59.1 Å². The minimum absolute atomic E-state index is 0.186. The predicted octanol–water partition coefficient (Wildman–Crippen LogP) is 3.24. The highest BCUT2D eigenvalue weighted by molar-refractivity contribution is 9.10. The average molecular weight is 376 g/mol. The van der Waals surface area contributed by atoms with E-state index in [1.165, 1.54) is 6.92 Å². The Hall–Kier alpha value is -2.14. The van der Waals surface area contributed by atoms with Crippen LogP contribution in [0, 0.1) is 0 Å². The van der Waals surface area contributed by atoms with Crippen LogP contribution in [0.4, 0.5) is 0 Å². The second-order valence-electron chi connectivity index (χ2n) is 5.14. The van der Waals surface area contributed by atoms with Crippen LogP contribution in [0.3, 0.4) is 0 Å². The van der Waals surface area contributed by atoms with E-state index in [4.69, 9.17) is 4.74 Å². The Labute approximate surface area is 144 Å². The molecular weight excluding hydrogens is 358 g/mol. The van der Waals surface area contributed by atoms with Crippen LogP contribution in [-0.4, -0.2) is 17.9 Å². The van der Waals surface area contributed by atoms with Crippen molar-refractivity contribution in [2.45, 2.75) is 26.0 Å². The molecule has 2 aromatic rings. The molecule has 0 fully saturated rings. The molecule has 2 rings (SSSR count). The molecule has 0 aromatic heterocycles. The molecule has 0 radical (unpaired) electrons. The second kappa shape index (κ2) is 8.48. The minimum Gasteiger partial charge on any atom is -0.459 e. The Morgan fingerprint density at radius 2 is 1.74 bits per heavy atom. The zero-order valence-corrected chi connectivity index (χ0v) is 14.4. The normalized spacial score (nSPS) is 11.6. The second-order valence-corrected chi connectivity index (χ2v) is 6.00. The Morgan fingerprint density at radius 1 is 1.09 bits per heavy atom. The van der Waals surface area contributed by atoms with Gasteiger partial charge in [0.25, 0.3) is 0 Å². The Bertz CT molecular complexity index is 673. The van der Waals surface area contributed by atoms with Gasteiger partial charge in [-0.1, -0.05) is 64.5 Å². The lowest BCUT2D eigenvalue weighted by molar-refractivity contribution is -0.149. The van der Waals surface area contributed by atoms with E-state index in [1.54, 1.807) is 0 Å². The van der Waals surface area contributed by atoms with Crippen molar-refractivity contribution in [3.63, 3.8) is 0 Å². The van der Waals surface area contributed by atoms with Crippen molar-refractivity contribution >= 4 is 27.8 Å². The van der Waals surface area contributed by atoms with Gasteiger partial charge in [-0.25, -0.2) is 4.79 Å². The van der Waals surface area contributed by atoms with Crippen molar-refractivity contribution in [1.29, 1.82) is 0 Å². The zero-order chi connectivity index (χ0) is 16.7. The van der Waals surface area contributed by atoms with Crippen molar-refractivity contribution < 1.29 is 14.3 Å². The van der Waals surface area contributed by atoms with Gasteiger partial charge >= 0.3 is 5.97 Å². The third-order valence-electron chi connectivity index (χ3n) is 3.27. The van der Waals surface area contributed by atoms with Gasteiger partial charge in [0.15, 0.2) is 0 Å². The summed E-state index contributed by atoms with van der Waals surface area (Å²) in [6.07, 6.45) is 0.370. The summed E-state index contributed by atoms with van der Waals surface area (Å²) >= 11 is 3.45. The van der Waals surface area contributed by atoms with Gasteiger partial charge < -0.3 is 10.1 Å². The molecule has 0 saturated heterocycles. The topological polar surface area (TPSA) is 55.4 Å². The van der Waals surface area contributed by atoms with Gasteiger partial charge in [0.1, 0.15) is 12.6 Å². The molecule has 2 aromatic carbocycles. The fourth-order valence-corrected chi connectivity index (χ4v) is 2.60. The third-order valence-corrected chi connectivity index (χ3v) is 4.04. The van der Waals surface area contributed by atoms with Crippen LogP contribution in [0.25, 0.3) is 0 Å². The number of amides is 1. The summed E-state index contributed by atoms with van der Waals surface area (Å²) in [5.41, 5.74) is 1.84. The highest BCUT2D eigenvalue weighted by Crippen LogP contribution is 2.18. The molecule has 120 valence electrons. The van der Waals surface area contributed by atoms with Crippen molar-refractivity contribution in [2.75, 3.05) is 0 Å². The number of carbonyl (C=O) groups excluding carboxylic acids is 2. The number of esters is 1. The fraction of sp³-hybridized carbons (Fsp3) is 0.222. The number of rotatable bonds is 6. The Kier molecular flexibility index (Phi) is 6.35. The molecule has 1 amide bonds. The van der Waals surface area contributed by atoms with E-state index in [0.29, 0.717) is 6.42 Å². The van der Waals surface area contributed by atoms with Crippen LogP contribution in [0.2, 0.25) is 0 Å². The summed E-state index contributed by atoms with van der Waals surface area (Å²) in [6.45, 7) is 1.57. The van der Waals surface area contributed by atoms with E-state index in [2.05, 4.69) is 21.2 Å². The van der Waals surface area contributed by atoms with E-state index in [0.717, 1.165) is 15.6 Å². The molecule has 0 aliphatic heterocycles. The fourth-order valence-electron chi connectivity index (χ4n) is 2.15. The molecule has 1 unspecified atom stereocenters. The summed E-state index contributed by atoms with van der Waals surface area (Å²) in [5, 5.41) is 2.66. The molecular formula is C18H18BrNO3. The highest BCUT2D eigenvalue weighted by Gasteiger charge is 2.22. The zero-order valence-electron chi connectivity index (χ0n) is 12.8. The highest BCUT2D eigenvalue weighted by atomic mass is 79.9. The lowest BCUT2D eigenvalue weighted by atomic mass is 10.1. The van der Waals surface area contributed by atoms with Gasteiger partial charge in [-0.05, 0) is 17.2 Å². The summed E-state index contributed by atoms with van der Waals surface area (Å²) in [6, 6.07) is 16.3. The van der Waals surface area contributed by atoms with Gasteiger partial charge in [0, 0.05) is 17.8 Å². The van der Waals surface area contributed by atoms with Crippen LogP contribution >= 0.6 is 15.9 Å². The summed E-state index contributed by atoms with van der Waals surface area (Å²) in [4.78, 5) is 23.7. The van der Waals surface area contributed by atoms with Crippen LogP contribution in [0.5, 0.6) is 0 Å². The van der Waals surface area contributed by atoms with E-state index in [-0.39, 0.29) is 12.5 Å². The lowest BCUT2D eigenvalue weighted by Gasteiger charge is -2.17. The third kappa shape index (κ3) is 5.53. The van der Waals surface area contributed by atoms with Gasteiger partial charge in [0.05, 0.1) is 0 Å². The van der Waals surface area contributed by atoms with Crippen molar-refractivity contribution in [3.05, 3.63) is 70.2 Å². The molecule has 0 saturated carbocycles. The van der Waals surface area contributed by atoms with E-state index >= 15 is 0 Å². The molecule has 5 heteroatoms. The number of carbonyl (C=O) groups is 2. The first-order valence-electron chi connectivity index (χ1n) is 7.27. The number of hydrogen-bond acceptors (Lipinski definition) is 3. The van der Waals surface area contributed by atoms with Crippen molar-refractivity contribution in [2.24, 2.45) is 0 Å². The van der Waals surface area contributed by atoms with E-state index < -0.39 is 12.0 Å². The lowest BCUT2D eigenvalue weighted by Crippen LogP contribution is -2.42. The predicted molar refractivity (Wildman–Crippen MR) is 91.7 cm³/mol. The largest absolute Gasteiger partial charge is 0.459 e. The minimum atomic E-state index is -0.713. The first-order chi connectivity index (χ1) is 11.1. The Morgan fingerprint density at radius 3 is 2.39 bits per heavy atom. The summed E-state index contributed by atoms with van der Waals surface area (Å²) < 4.78 is 6.23. The number of nitrogens with one attached hydrogen (secondary N) is 1. The van der Waals surface area contributed by atoms with Crippen molar-refractivity contribution in [3.8, 4) is 0 Å². The molecule has 0 heterocycles. The molecule has 0 aliphatic rings. The number of ether oxygens (including phenoxy) is 1. The first kappa shape index (κ1) is 17.2. The summed E-state index contributed by atoms with van der Waals surface area (Å²) in [7, 11) is 0. The van der Waals surface area contributed by atoms with E-state index in [9.17, 15) is 9.59 Å². The van der Waals surface area contributed by atoms with Gasteiger partial charge in [-0.2, -0.15) is 0 Å². The molecule has 1 atom stereocenters. The monoisotopic (exact) mass is 375 g/mol. The summed E-state index contributed by atoms with van der Waals surface area (Å²) in [5.74, 6) is -0.710. The first-order valence-corrected chi connectivity index (χ1v) is 8.06. The SMILES string of the molecule is CC(=O)NC(Cc1ccccc1Br)C(=O)OCc1ccccc1. The van der Waals surface area contributed by atoms with Crippen molar-refractivity contribution in [1.82, 2.24) is 5.32 Å². The average Bonchev–Trinajstić information content (AvgIpc) is 2.54. The van der Waals surface area contributed by atoms with Crippen LogP contribution in [0.1, 0.15) is 18.1 Å². The number of benzene rings is 2. The molecule has 0 spiro atoms.